The zero-order valence-corrected chi connectivity index (χ0v) is 16.0. The Morgan fingerprint density at radius 3 is 2.62 bits per heavy atom. The van der Waals surface area contributed by atoms with E-state index in [-0.39, 0.29) is 5.41 Å². The second kappa shape index (κ2) is 7.53. The molecule has 4 rings (SSSR count). The standard InChI is InChI=1S/C23H30N2O/c1-26-20-9-11-23(12-10-20)15-19-8-7-18(13-17-5-3-2-4-6-17)14-21(19)22(23)25-16-24/h7-8,14,17,20H,2-6,9-13,15H2,1H3. The van der Waals surface area contributed by atoms with Gasteiger partial charge in [-0.3, -0.25) is 0 Å². The highest BCUT2D eigenvalue weighted by Gasteiger charge is 2.45. The summed E-state index contributed by atoms with van der Waals surface area (Å²) in [5, 5.41) is 9.33. The third-order valence-corrected chi connectivity index (χ3v) is 7.09. The second-order valence-corrected chi connectivity index (χ2v) is 8.65. The fraction of sp³-hybridized carbons (Fsp3) is 0.652. The molecule has 1 spiro atoms. The molecule has 26 heavy (non-hydrogen) atoms. The van der Waals surface area contributed by atoms with Crippen LogP contribution >= 0.6 is 0 Å². The molecule has 0 bridgehead atoms. The molecule has 1 aromatic carbocycles. The molecule has 0 N–H and O–H groups in total. The maximum Gasteiger partial charge on any atom is 0.205 e. The molecule has 2 fully saturated rings. The highest BCUT2D eigenvalue weighted by Crippen LogP contribution is 2.48. The number of aliphatic imine (C=N–C) groups is 1. The molecular formula is C23H30N2O. The number of hydrogen-bond donors (Lipinski definition) is 0. The number of hydrogen-bond acceptors (Lipinski definition) is 3. The first-order chi connectivity index (χ1) is 12.7. The predicted octanol–water partition coefficient (Wildman–Crippen LogP) is 5.21. The van der Waals surface area contributed by atoms with E-state index in [2.05, 4.69) is 29.4 Å². The Labute approximate surface area is 157 Å². The van der Waals surface area contributed by atoms with Crippen LogP contribution in [0, 0.1) is 22.8 Å². The van der Waals surface area contributed by atoms with Crippen molar-refractivity contribution in [2.45, 2.75) is 76.7 Å². The quantitative estimate of drug-likeness (QED) is 0.702. The van der Waals surface area contributed by atoms with Crippen molar-refractivity contribution in [2.75, 3.05) is 7.11 Å². The Morgan fingerprint density at radius 2 is 1.92 bits per heavy atom. The van der Waals surface area contributed by atoms with Crippen LogP contribution in [-0.4, -0.2) is 18.9 Å². The van der Waals surface area contributed by atoms with Crippen molar-refractivity contribution in [3.63, 3.8) is 0 Å². The molecule has 138 valence electrons. The lowest BCUT2D eigenvalue weighted by Gasteiger charge is -2.36. The van der Waals surface area contributed by atoms with Gasteiger partial charge in [-0.15, -0.1) is 0 Å². The van der Waals surface area contributed by atoms with Gasteiger partial charge < -0.3 is 4.74 Å². The summed E-state index contributed by atoms with van der Waals surface area (Å²) in [6.07, 6.45) is 15.9. The number of ether oxygens (including phenoxy) is 1. The average molecular weight is 351 g/mol. The van der Waals surface area contributed by atoms with Gasteiger partial charge in [-0.1, -0.05) is 44.2 Å². The van der Waals surface area contributed by atoms with Gasteiger partial charge in [0.15, 0.2) is 0 Å². The summed E-state index contributed by atoms with van der Waals surface area (Å²) in [6.45, 7) is 0. The molecule has 3 aliphatic carbocycles. The topological polar surface area (TPSA) is 45.4 Å². The van der Waals surface area contributed by atoms with Crippen LogP contribution in [-0.2, 0) is 17.6 Å². The Hall–Kier alpha value is -1.66. The summed E-state index contributed by atoms with van der Waals surface area (Å²) in [5.74, 6) is 0.839. The van der Waals surface area contributed by atoms with Crippen molar-refractivity contribution in [1.82, 2.24) is 0 Å². The minimum Gasteiger partial charge on any atom is -0.381 e. The van der Waals surface area contributed by atoms with E-state index >= 15 is 0 Å². The normalized spacial score (nSPS) is 30.5. The van der Waals surface area contributed by atoms with E-state index in [0.29, 0.717) is 6.10 Å². The molecule has 1 aromatic rings. The van der Waals surface area contributed by atoms with E-state index in [1.165, 1.54) is 55.2 Å². The summed E-state index contributed by atoms with van der Waals surface area (Å²) in [6, 6.07) is 7.01. The average Bonchev–Trinajstić information content (AvgIpc) is 2.96. The van der Waals surface area contributed by atoms with Gasteiger partial charge in [-0.25, -0.2) is 0 Å². The molecule has 0 saturated heterocycles. The van der Waals surface area contributed by atoms with Gasteiger partial charge in [-0.05, 0) is 61.6 Å². The zero-order valence-electron chi connectivity index (χ0n) is 16.0. The molecule has 0 aliphatic heterocycles. The second-order valence-electron chi connectivity index (χ2n) is 8.65. The van der Waals surface area contributed by atoms with Crippen LogP contribution in [0.15, 0.2) is 23.2 Å². The smallest absolute Gasteiger partial charge is 0.205 e. The van der Waals surface area contributed by atoms with Crippen molar-refractivity contribution in [3.8, 4) is 6.19 Å². The molecular weight excluding hydrogens is 320 g/mol. The Morgan fingerprint density at radius 1 is 1.15 bits per heavy atom. The van der Waals surface area contributed by atoms with Crippen LogP contribution in [0.4, 0.5) is 0 Å². The Balaban J connectivity index is 1.58. The maximum atomic E-state index is 9.33. The summed E-state index contributed by atoms with van der Waals surface area (Å²) < 4.78 is 5.56. The maximum absolute atomic E-state index is 9.33. The number of nitriles is 1. The number of nitrogens with zero attached hydrogens (tertiary/aromatic N) is 2. The van der Waals surface area contributed by atoms with Gasteiger partial charge in [0.2, 0.25) is 6.19 Å². The minimum atomic E-state index is 0.0660. The molecule has 0 radical (unpaired) electrons. The first kappa shape index (κ1) is 17.7. The van der Waals surface area contributed by atoms with E-state index in [9.17, 15) is 5.26 Å². The Bertz CT molecular complexity index is 716. The molecule has 3 nitrogen and oxygen atoms in total. The van der Waals surface area contributed by atoms with Crippen molar-refractivity contribution >= 4 is 5.71 Å². The SMILES string of the molecule is COC1CCC2(CC1)Cc1ccc(CC3CCCCC3)cc1C2=NC#N. The van der Waals surface area contributed by atoms with Crippen LogP contribution in [0.1, 0.15) is 74.5 Å². The van der Waals surface area contributed by atoms with Gasteiger partial charge in [0.1, 0.15) is 0 Å². The highest BCUT2D eigenvalue weighted by molar-refractivity contribution is 6.09. The largest absolute Gasteiger partial charge is 0.381 e. The molecule has 0 aromatic heterocycles. The van der Waals surface area contributed by atoms with Crippen LogP contribution in [0.3, 0.4) is 0 Å². The van der Waals surface area contributed by atoms with Gasteiger partial charge in [0, 0.05) is 18.1 Å². The minimum absolute atomic E-state index is 0.0660. The van der Waals surface area contributed by atoms with Gasteiger partial charge in [0.05, 0.1) is 11.8 Å². The molecule has 0 unspecified atom stereocenters. The van der Waals surface area contributed by atoms with E-state index in [1.807, 2.05) is 7.11 Å². The van der Waals surface area contributed by atoms with Crippen LogP contribution in [0.2, 0.25) is 0 Å². The highest BCUT2D eigenvalue weighted by atomic mass is 16.5. The van der Waals surface area contributed by atoms with Gasteiger partial charge in [0.25, 0.3) is 0 Å². The van der Waals surface area contributed by atoms with Crippen LogP contribution in [0.25, 0.3) is 0 Å². The van der Waals surface area contributed by atoms with Crippen molar-refractivity contribution in [1.29, 1.82) is 5.26 Å². The lowest BCUT2D eigenvalue weighted by molar-refractivity contribution is 0.0468. The third kappa shape index (κ3) is 3.32. The third-order valence-electron chi connectivity index (χ3n) is 7.09. The molecule has 0 heterocycles. The number of fused-ring (bicyclic) bond motifs is 1. The van der Waals surface area contributed by atoms with E-state index in [0.717, 1.165) is 43.7 Å². The van der Waals surface area contributed by atoms with E-state index in [4.69, 9.17) is 4.74 Å². The van der Waals surface area contributed by atoms with Gasteiger partial charge in [-0.2, -0.15) is 10.3 Å². The summed E-state index contributed by atoms with van der Waals surface area (Å²) in [5.41, 5.74) is 5.22. The molecule has 3 aliphatic rings. The monoisotopic (exact) mass is 350 g/mol. The van der Waals surface area contributed by atoms with Crippen molar-refractivity contribution in [2.24, 2.45) is 16.3 Å². The lowest BCUT2D eigenvalue weighted by Crippen LogP contribution is -2.35. The first-order valence-corrected chi connectivity index (χ1v) is 10.4. The summed E-state index contributed by atoms with van der Waals surface area (Å²) in [4.78, 5) is 4.36. The van der Waals surface area contributed by atoms with Crippen molar-refractivity contribution in [3.05, 3.63) is 34.9 Å². The Kier molecular flexibility index (Phi) is 5.14. The lowest BCUT2D eigenvalue weighted by atomic mass is 9.70. The fourth-order valence-corrected chi connectivity index (χ4v) is 5.61. The van der Waals surface area contributed by atoms with Crippen molar-refractivity contribution < 1.29 is 4.74 Å². The van der Waals surface area contributed by atoms with Gasteiger partial charge >= 0.3 is 0 Å². The molecule has 2 saturated carbocycles. The predicted molar refractivity (Wildman–Crippen MR) is 104 cm³/mol. The van der Waals surface area contributed by atoms with Crippen LogP contribution < -0.4 is 0 Å². The fourth-order valence-electron chi connectivity index (χ4n) is 5.61. The van der Waals surface area contributed by atoms with Crippen LogP contribution in [0.5, 0.6) is 0 Å². The zero-order chi connectivity index (χ0) is 18.0. The molecule has 0 atom stereocenters. The summed E-state index contributed by atoms with van der Waals surface area (Å²) in [7, 11) is 1.81. The number of benzene rings is 1. The van der Waals surface area contributed by atoms with E-state index < -0.39 is 0 Å². The number of rotatable bonds is 3. The number of methoxy groups -OCH3 is 1. The summed E-state index contributed by atoms with van der Waals surface area (Å²) >= 11 is 0. The van der Waals surface area contributed by atoms with E-state index in [1.54, 1.807) is 0 Å². The molecule has 3 heteroatoms. The first-order valence-electron chi connectivity index (χ1n) is 10.4. The molecule has 0 amide bonds.